The van der Waals surface area contributed by atoms with Gasteiger partial charge < -0.3 is 9.13 Å². The molecule has 38 heavy (non-hydrogen) atoms. The third kappa shape index (κ3) is 4.94. The molecule has 0 aliphatic carbocycles. The molecule has 2 nitrogen and oxygen atoms in total. The molecule has 0 saturated carbocycles. The van der Waals surface area contributed by atoms with E-state index in [1.807, 2.05) is 91.0 Å². The first-order valence-corrected chi connectivity index (χ1v) is 14.9. The monoisotopic (exact) mass is 573 g/mol. The first kappa shape index (κ1) is 26.4. The van der Waals surface area contributed by atoms with E-state index in [0.717, 1.165) is 48.9 Å². The van der Waals surface area contributed by atoms with Gasteiger partial charge in [0.25, 0.3) is 0 Å². The number of fused-ring (bicyclic) bond motifs is 3. The Balaban J connectivity index is 0.000000540. The molecule has 0 N–H and O–H groups in total. The summed E-state index contributed by atoms with van der Waals surface area (Å²) in [4.78, 5) is 0. The van der Waals surface area contributed by atoms with Crippen LogP contribution in [0, 0.1) is 0 Å². The van der Waals surface area contributed by atoms with Crippen LogP contribution in [0.25, 0.3) is 27.5 Å². The van der Waals surface area contributed by atoms with E-state index in [9.17, 15) is 0 Å². The Kier molecular flexibility index (Phi) is 8.07. The van der Waals surface area contributed by atoms with Gasteiger partial charge in [0.05, 0.1) is 11.0 Å². The van der Waals surface area contributed by atoms with Gasteiger partial charge in [-0.15, -0.1) is 0 Å². The molecule has 0 atom stereocenters. The second-order valence-corrected chi connectivity index (χ2v) is 12.5. The highest BCUT2D eigenvalue weighted by Gasteiger charge is 2.33. The standard InChI is InChI=1S/C30H22NOP.C2HCl3/c32-33(24-15-6-2-7-16-24,25-17-8-3-9-18-25)29-22-12-20-27-26-19-10-11-21-28(26)31(30(27)29)23-13-4-1-5-14-23;3-1-2(4)5/h1-22H;1H. The largest absolute Gasteiger partial charge is 0.309 e. The lowest BCUT2D eigenvalue weighted by molar-refractivity contribution is 0.592. The van der Waals surface area contributed by atoms with Crippen molar-refractivity contribution in [2.75, 3.05) is 0 Å². The van der Waals surface area contributed by atoms with Crippen molar-refractivity contribution in [3.63, 3.8) is 0 Å². The van der Waals surface area contributed by atoms with Crippen LogP contribution in [0.5, 0.6) is 0 Å². The Morgan fingerprint density at radius 2 is 1.08 bits per heavy atom. The van der Waals surface area contributed by atoms with Crippen molar-refractivity contribution in [3.05, 3.63) is 143 Å². The van der Waals surface area contributed by atoms with Gasteiger partial charge in [-0.05, 0) is 24.3 Å². The van der Waals surface area contributed by atoms with Crippen LogP contribution in [0.4, 0.5) is 0 Å². The molecule has 0 spiro atoms. The summed E-state index contributed by atoms with van der Waals surface area (Å²) in [6, 6.07) is 44.8. The third-order valence-electron chi connectivity index (χ3n) is 6.35. The van der Waals surface area contributed by atoms with Gasteiger partial charge in [0, 0.05) is 37.9 Å². The number of hydrogen-bond acceptors (Lipinski definition) is 1. The summed E-state index contributed by atoms with van der Waals surface area (Å²) in [5.41, 5.74) is 4.26. The Bertz CT molecular complexity index is 1720. The molecule has 188 valence electrons. The maximum Gasteiger partial charge on any atom is 0.173 e. The second kappa shape index (κ2) is 11.6. The van der Waals surface area contributed by atoms with E-state index in [1.54, 1.807) is 0 Å². The Hall–Kier alpha value is -3.26. The summed E-state index contributed by atoms with van der Waals surface area (Å²) in [7, 11) is -3.15. The zero-order chi connectivity index (χ0) is 26.5. The van der Waals surface area contributed by atoms with Gasteiger partial charge in [-0.25, -0.2) is 0 Å². The molecule has 0 fully saturated rings. The molecular weight excluding hydrogens is 552 g/mol. The van der Waals surface area contributed by atoms with E-state index in [-0.39, 0.29) is 4.49 Å². The lowest BCUT2D eigenvalue weighted by Gasteiger charge is -2.22. The number of aromatic nitrogens is 1. The van der Waals surface area contributed by atoms with Gasteiger partial charge in [0.2, 0.25) is 0 Å². The summed E-state index contributed by atoms with van der Waals surface area (Å²) in [5, 5.41) is 4.81. The second-order valence-electron chi connectivity index (χ2n) is 8.54. The van der Waals surface area contributed by atoms with Crippen molar-refractivity contribution < 1.29 is 4.57 Å². The number of nitrogens with zero attached hydrogens (tertiary/aromatic N) is 1. The lowest BCUT2D eigenvalue weighted by Crippen LogP contribution is -2.26. The summed E-state index contributed by atoms with van der Waals surface area (Å²) in [6.07, 6.45) is 0. The topological polar surface area (TPSA) is 22.0 Å². The van der Waals surface area contributed by atoms with E-state index >= 15 is 4.57 Å². The molecule has 0 radical (unpaired) electrons. The lowest BCUT2D eigenvalue weighted by atomic mass is 10.1. The van der Waals surface area contributed by atoms with Gasteiger partial charge in [0.1, 0.15) is 4.49 Å². The summed E-state index contributed by atoms with van der Waals surface area (Å²) in [5.74, 6) is 0. The van der Waals surface area contributed by atoms with Crippen molar-refractivity contribution in [1.29, 1.82) is 0 Å². The number of halogens is 3. The average Bonchev–Trinajstić information content (AvgIpc) is 3.33. The van der Waals surface area contributed by atoms with Gasteiger partial charge in [0.15, 0.2) is 7.14 Å². The van der Waals surface area contributed by atoms with Crippen LogP contribution in [0.1, 0.15) is 0 Å². The summed E-state index contributed by atoms with van der Waals surface area (Å²) < 4.78 is 17.6. The zero-order valence-electron chi connectivity index (χ0n) is 20.2. The Labute approximate surface area is 237 Å². The van der Waals surface area contributed by atoms with Crippen molar-refractivity contribution in [1.82, 2.24) is 4.57 Å². The molecular formula is C32H23Cl3NOP. The van der Waals surface area contributed by atoms with Crippen molar-refractivity contribution >= 4 is 79.7 Å². The zero-order valence-corrected chi connectivity index (χ0v) is 23.4. The van der Waals surface area contributed by atoms with E-state index in [4.69, 9.17) is 34.8 Å². The summed E-state index contributed by atoms with van der Waals surface area (Å²) >= 11 is 14.8. The first-order valence-electron chi connectivity index (χ1n) is 12.0. The summed E-state index contributed by atoms with van der Waals surface area (Å²) in [6.45, 7) is 0. The molecule has 0 aliphatic rings. The van der Waals surface area contributed by atoms with Gasteiger partial charge in [-0.2, -0.15) is 0 Å². The van der Waals surface area contributed by atoms with Crippen LogP contribution in [-0.2, 0) is 4.57 Å². The SMILES string of the molecule is ClC=C(Cl)Cl.O=P(c1ccccc1)(c1ccccc1)c1cccc2c3ccccc3n(-c3ccccc3)c12. The maximum absolute atomic E-state index is 15.3. The normalized spacial score (nSPS) is 11.1. The number of para-hydroxylation sites is 3. The van der Waals surface area contributed by atoms with E-state index < -0.39 is 7.14 Å². The fourth-order valence-corrected chi connectivity index (χ4v) is 7.66. The molecule has 6 aromatic rings. The fourth-order valence-electron chi connectivity index (χ4n) is 4.80. The third-order valence-corrected chi connectivity index (χ3v) is 10.1. The molecule has 1 heterocycles. The molecule has 1 aromatic heterocycles. The molecule has 0 bridgehead atoms. The minimum atomic E-state index is -3.15. The minimum Gasteiger partial charge on any atom is -0.309 e. The number of hydrogen-bond donors (Lipinski definition) is 0. The maximum atomic E-state index is 15.3. The van der Waals surface area contributed by atoms with E-state index in [2.05, 4.69) is 47.0 Å². The predicted octanol–water partition coefficient (Wildman–Crippen LogP) is 8.92. The Morgan fingerprint density at radius 3 is 1.63 bits per heavy atom. The molecule has 0 unspecified atom stereocenters. The van der Waals surface area contributed by atoms with Gasteiger partial charge in [-0.1, -0.05) is 144 Å². The molecule has 0 saturated heterocycles. The van der Waals surface area contributed by atoms with Crippen LogP contribution < -0.4 is 15.9 Å². The van der Waals surface area contributed by atoms with Crippen LogP contribution in [0.15, 0.2) is 143 Å². The fraction of sp³-hybridized carbons (Fsp3) is 0. The highest BCUT2D eigenvalue weighted by atomic mass is 35.5. The molecule has 0 aliphatic heterocycles. The van der Waals surface area contributed by atoms with Crippen LogP contribution in [-0.4, -0.2) is 4.57 Å². The molecule has 0 amide bonds. The first-order chi connectivity index (χ1) is 18.6. The van der Waals surface area contributed by atoms with E-state index in [0.29, 0.717) is 0 Å². The number of benzene rings is 5. The van der Waals surface area contributed by atoms with Crippen molar-refractivity contribution in [2.24, 2.45) is 0 Å². The van der Waals surface area contributed by atoms with Gasteiger partial charge >= 0.3 is 0 Å². The molecule has 6 heteroatoms. The smallest absolute Gasteiger partial charge is 0.173 e. The van der Waals surface area contributed by atoms with Gasteiger partial charge in [-0.3, -0.25) is 0 Å². The molecule has 6 rings (SSSR count). The highest BCUT2D eigenvalue weighted by Crippen LogP contribution is 2.46. The minimum absolute atomic E-state index is 0.0895. The highest BCUT2D eigenvalue weighted by molar-refractivity contribution is 7.85. The van der Waals surface area contributed by atoms with Crippen molar-refractivity contribution in [3.8, 4) is 5.69 Å². The van der Waals surface area contributed by atoms with Crippen molar-refractivity contribution in [2.45, 2.75) is 0 Å². The quantitative estimate of drug-likeness (QED) is 0.193. The Morgan fingerprint density at radius 1 is 0.605 bits per heavy atom. The average molecular weight is 575 g/mol. The molecule has 5 aromatic carbocycles. The number of rotatable bonds is 4. The van der Waals surface area contributed by atoms with Crippen LogP contribution in [0.3, 0.4) is 0 Å². The predicted molar refractivity (Wildman–Crippen MR) is 166 cm³/mol. The van der Waals surface area contributed by atoms with E-state index in [1.165, 1.54) is 0 Å². The van der Waals surface area contributed by atoms with Crippen LogP contribution >= 0.6 is 41.9 Å². The van der Waals surface area contributed by atoms with Crippen LogP contribution in [0.2, 0.25) is 0 Å².